The summed E-state index contributed by atoms with van der Waals surface area (Å²) in [7, 11) is 2.10. The third kappa shape index (κ3) is 4.92. The van der Waals surface area contributed by atoms with E-state index in [2.05, 4.69) is 32.1 Å². The van der Waals surface area contributed by atoms with Crippen LogP contribution in [0.25, 0.3) is 0 Å². The monoisotopic (exact) mass is 238 g/mol. The Kier molecular flexibility index (Phi) is 5.16. The Balaban J connectivity index is 0.000000293. The van der Waals surface area contributed by atoms with Crippen molar-refractivity contribution < 1.29 is 28.0 Å². The zero-order valence-electron chi connectivity index (χ0n) is 9.18. The van der Waals surface area contributed by atoms with Crippen LogP contribution in [-0.2, 0) is 4.79 Å². The van der Waals surface area contributed by atoms with Crippen molar-refractivity contribution in [3.63, 3.8) is 0 Å². The Bertz CT molecular complexity index is 321. The number of carbonyl (C=O) groups is 1. The van der Waals surface area contributed by atoms with Gasteiger partial charge in [0.1, 0.15) is 12.2 Å². The van der Waals surface area contributed by atoms with Crippen molar-refractivity contribution in [3.05, 3.63) is 11.9 Å². The van der Waals surface area contributed by atoms with E-state index in [9.17, 15) is 13.2 Å². The average molecular weight is 238 g/mol. The molecule has 0 aromatic carbocycles. The Morgan fingerprint density at radius 2 is 2.00 bits per heavy atom. The fourth-order valence-corrected chi connectivity index (χ4v) is 0.871. The molecule has 7 heteroatoms. The Labute approximate surface area is 91.1 Å². The number of hydrogen-bond donors (Lipinski definition) is 1. The number of carbonyl (C=O) groups excluding carboxylic acids is 1. The lowest BCUT2D eigenvalue weighted by Crippen LogP contribution is -3.05. The summed E-state index contributed by atoms with van der Waals surface area (Å²) in [5, 5.41) is 8.78. The van der Waals surface area contributed by atoms with Gasteiger partial charge in [0.25, 0.3) is 0 Å². The van der Waals surface area contributed by atoms with Crippen molar-refractivity contribution in [2.45, 2.75) is 26.4 Å². The fourth-order valence-electron chi connectivity index (χ4n) is 0.871. The van der Waals surface area contributed by atoms with E-state index in [1.807, 2.05) is 0 Å². The standard InChI is InChI=1S/C7H12N2.C2HF3O2/c1-4-7-5-9(3)6(2)8-7;3-2(4,5)1(6)7/h5H,4H2,1-3H3;(H,6,7). The van der Waals surface area contributed by atoms with E-state index in [1.54, 1.807) is 0 Å². The molecular formula is C9H13F3N2O2. The molecule has 1 rings (SSSR count). The highest BCUT2D eigenvalue weighted by atomic mass is 19.4. The third-order valence-corrected chi connectivity index (χ3v) is 1.86. The SMILES string of the molecule is CCC1=C[NH+](C)C(C)=N1.O=C([O-])C(F)(F)F. The largest absolute Gasteiger partial charge is 0.542 e. The molecule has 1 aliphatic heterocycles. The van der Waals surface area contributed by atoms with Crippen molar-refractivity contribution in [2.24, 2.45) is 4.99 Å². The number of amidine groups is 1. The number of hydrogen-bond acceptors (Lipinski definition) is 3. The van der Waals surface area contributed by atoms with Gasteiger partial charge >= 0.3 is 6.18 Å². The minimum atomic E-state index is -5.19. The number of nitrogens with zero attached hydrogens (tertiary/aromatic N) is 1. The number of rotatable bonds is 1. The van der Waals surface area contributed by atoms with Gasteiger partial charge < -0.3 is 9.90 Å². The van der Waals surface area contributed by atoms with Gasteiger partial charge in [-0.1, -0.05) is 6.92 Å². The van der Waals surface area contributed by atoms with Crippen LogP contribution in [-0.4, -0.2) is 25.0 Å². The first kappa shape index (κ1) is 14.6. The number of carboxylic acid groups (broad SMARTS) is 1. The first-order valence-electron chi connectivity index (χ1n) is 4.56. The second kappa shape index (κ2) is 5.64. The minimum absolute atomic E-state index is 1.05. The smallest absolute Gasteiger partial charge is 0.430 e. The summed E-state index contributed by atoms with van der Waals surface area (Å²) >= 11 is 0. The number of allylic oxidation sites excluding steroid dienone is 1. The van der Waals surface area contributed by atoms with Crippen LogP contribution in [0.4, 0.5) is 13.2 Å². The molecular weight excluding hydrogens is 225 g/mol. The first-order valence-corrected chi connectivity index (χ1v) is 4.56. The van der Waals surface area contributed by atoms with Crippen molar-refractivity contribution in [3.8, 4) is 0 Å². The molecule has 1 N–H and O–H groups in total. The van der Waals surface area contributed by atoms with Crippen molar-refractivity contribution in [1.82, 2.24) is 0 Å². The van der Waals surface area contributed by atoms with Gasteiger partial charge in [-0.2, -0.15) is 18.2 Å². The summed E-state index contributed by atoms with van der Waals surface area (Å²) in [5.74, 6) is -1.83. The minimum Gasteiger partial charge on any atom is -0.542 e. The number of halogens is 3. The van der Waals surface area contributed by atoms with Crippen LogP contribution in [0.5, 0.6) is 0 Å². The average Bonchev–Trinajstić information content (AvgIpc) is 2.46. The number of carboxylic acids is 1. The van der Waals surface area contributed by atoms with Gasteiger partial charge in [-0.05, 0) is 6.42 Å². The Morgan fingerprint density at radius 1 is 1.56 bits per heavy atom. The topological polar surface area (TPSA) is 56.9 Å². The van der Waals surface area contributed by atoms with Gasteiger partial charge in [-0.25, -0.2) is 0 Å². The highest BCUT2D eigenvalue weighted by molar-refractivity contribution is 5.73. The summed E-state index contributed by atoms with van der Waals surface area (Å²) in [6.45, 7) is 4.18. The van der Waals surface area contributed by atoms with Crippen LogP contribution in [0.2, 0.25) is 0 Å². The van der Waals surface area contributed by atoms with E-state index < -0.39 is 12.1 Å². The van der Waals surface area contributed by atoms with E-state index in [1.165, 1.54) is 16.4 Å². The van der Waals surface area contributed by atoms with Crippen LogP contribution >= 0.6 is 0 Å². The molecule has 1 aliphatic rings. The van der Waals surface area contributed by atoms with Gasteiger partial charge in [0.05, 0.1) is 12.7 Å². The normalized spacial score (nSPS) is 19.5. The van der Waals surface area contributed by atoms with Crippen molar-refractivity contribution in [1.29, 1.82) is 0 Å². The molecule has 0 saturated heterocycles. The summed E-state index contributed by atoms with van der Waals surface area (Å²) in [6, 6.07) is 0. The van der Waals surface area contributed by atoms with Crippen LogP contribution < -0.4 is 10.0 Å². The lowest BCUT2D eigenvalue weighted by Gasteiger charge is -2.03. The van der Waals surface area contributed by atoms with Gasteiger partial charge in [-0.15, -0.1) is 0 Å². The van der Waals surface area contributed by atoms with Crippen LogP contribution in [0.3, 0.4) is 0 Å². The molecule has 0 fully saturated rings. The summed E-state index contributed by atoms with van der Waals surface area (Å²) in [6.07, 6.45) is -2.00. The predicted octanol–water partition coefficient (Wildman–Crippen LogP) is -0.517. The number of nitrogens with one attached hydrogen (secondary N) is 1. The van der Waals surface area contributed by atoms with E-state index >= 15 is 0 Å². The summed E-state index contributed by atoms with van der Waals surface area (Å²) < 4.78 is 31.5. The Morgan fingerprint density at radius 3 is 2.12 bits per heavy atom. The molecule has 0 amide bonds. The van der Waals surface area contributed by atoms with E-state index in [-0.39, 0.29) is 0 Å². The summed E-state index contributed by atoms with van der Waals surface area (Å²) in [5.41, 5.74) is 1.21. The Hall–Kier alpha value is -1.37. The maximum Gasteiger partial charge on any atom is 0.430 e. The maximum atomic E-state index is 10.5. The van der Waals surface area contributed by atoms with Gasteiger partial charge in [0, 0.05) is 6.92 Å². The van der Waals surface area contributed by atoms with Gasteiger partial charge in [-0.3, -0.25) is 4.90 Å². The van der Waals surface area contributed by atoms with Crippen molar-refractivity contribution in [2.75, 3.05) is 7.05 Å². The number of quaternary nitrogens is 1. The molecule has 0 saturated carbocycles. The zero-order valence-corrected chi connectivity index (χ0v) is 9.18. The number of alkyl halides is 3. The molecule has 1 atom stereocenters. The highest BCUT2D eigenvalue weighted by Crippen LogP contribution is 2.11. The molecule has 0 aromatic rings. The van der Waals surface area contributed by atoms with E-state index in [0.29, 0.717) is 0 Å². The molecule has 0 aliphatic carbocycles. The van der Waals surface area contributed by atoms with Crippen LogP contribution in [0.15, 0.2) is 16.9 Å². The highest BCUT2D eigenvalue weighted by Gasteiger charge is 2.28. The molecule has 0 bridgehead atoms. The van der Waals surface area contributed by atoms with Crippen LogP contribution in [0.1, 0.15) is 20.3 Å². The zero-order chi connectivity index (χ0) is 12.9. The number of aliphatic imine (C=N–C) groups is 1. The van der Waals surface area contributed by atoms with Crippen LogP contribution in [0, 0.1) is 0 Å². The molecule has 1 unspecified atom stereocenters. The molecule has 0 aromatic heterocycles. The molecule has 1 heterocycles. The third-order valence-electron chi connectivity index (χ3n) is 1.86. The molecule has 4 nitrogen and oxygen atoms in total. The second-order valence-corrected chi connectivity index (χ2v) is 3.15. The fraction of sp³-hybridized carbons (Fsp3) is 0.556. The first-order chi connectivity index (χ1) is 7.18. The number of aliphatic carboxylic acids is 1. The molecule has 92 valence electrons. The summed E-state index contributed by atoms with van der Waals surface area (Å²) in [4.78, 5) is 14.4. The van der Waals surface area contributed by atoms with Gasteiger partial charge in [0.15, 0.2) is 0 Å². The molecule has 0 spiro atoms. The second-order valence-electron chi connectivity index (χ2n) is 3.15. The van der Waals surface area contributed by atoms with Crippen molar-refractivity contribution >= 4 is 11.8 Å². The predicted molar refractivity (Wildman–Crippen MR) is 49.4 cm³/mol. The maximum absolute atomic E-state index is 10.5. The molecule has 0 radical (unpaired) electrons. The van der Waals surface area contributed by atoms with E-state index in [0.717, 1.165) is 6.42 Å². The lowest BCUT2D eigenvalue weighted by molar-refractivity contribution is -0.719. The van der Waals surface area contributed by atoms with Gasteiger partial charge in [0.2, 0.25) is 5.84 Å². The lowest BCUT2D eigenvalue weighted by atomic mass is 10.4. The van der Waals surface area contributed by atoms with E-state index in [4.69, 9.17) is 9.90 Å². The quantitative estimate of drug-likeness (QED) is 0.668. The molecule has 16 heavy (non-hydrogen) atoms.